The Morgan fingerprint density at radius 3 is 2.50 bits per heavy atom. The Morgan fingerprint density at radius 2 is 2.00 bits per heavy atom. The van der Waals surface area contributed by atoms with Gasteiger partial charge in [-0.3, -0.25) is 0 Å². The standard InChI is InChI=1S/C16H29BN2O6S2Si/c1-12-10-25-18-16(12,3)19(11-24-7-8-28(4,5)6)27(22,23)15-14(17(20)21)9-13(2)26-15/h9-10,18,20-21H,7-8,11H2,1-6H3. The highest BCUT2D eigenvalue weighted by atomic mass is 32.2. The van der Waals surface area contributed by atoms with E-state index in [9.17, 15) is 18.5 Å². The molecule has 0 aliphatic carbocycles. The number of hydrogen-bond donors (Lipinski definition) is 3. The summed E-state index contributed by atoms with van der Waals surface area (Å²) in [6.45, 7) is 12.1. The SMILES string of the molecule is CC1=CONC1(C)N(COCC[Si](C)(C)C)S(=O)(=O)c1sc(C)cc1B(O)O. The van der Waals surface area contributed by atoms with Gasteiger partial charge >= 0.3 is 7.12 Å². The second-order valence-corrected chi connectivity index (χ2v) is 17.2. The molecule has 1 aromatic rings. The highest BCUT2D eigenvalue weighted by molar-refractivity contribution is 7.91. The molecule has 1 unspecified atom stereocenters. The molecule has 0 bridgehead atoms. The van der Waals surface area contributed by atoms with E-state index >= 15 is 0 Å². The maximum atomic E-state index is 13.5. The first-order valence-electron chi connectivity index (χ1n) is 8.96. The van der Waals surface area contributed by atoms with Gasteiger partial charge in [-0.15, -0.1) is 21.1 Å². The van der Waals surface area contributed by atoms with Gasteiger partial charge in [0.25, 0.3) is 10.0 Å². The van der Waals surface area contributed by atoms with Crippen LogP contribution in [0.5, 0.6) is 0 Å². The quantitative estimate of drug-likeness (QED) is 0.296. The average Bonchev–Trinajstić information content (AvgIpc) is 3.10. The van der Waals surface area contributed by atoms with Crippen LogP contribution >= 0.6 is 11.3 Å². The Labute approximate surface area is 172 Å². The zero-order valence-electron chi connectivity index (χ0n) is 17.1. The zero-order chi connectivity index (χ0) is 21.3. The minimum Gasteiger partial charge on any atom is -0.423 e. The van der Waals surface area contributed by atoms with Gasteiger partial charge in [0.2, 0.25) is 0 Å². The summed E-state index contributed by atoms with van der Waals surface area (Å²) in [6.07, 6.45) is 1.45. The lowest BCUT2D eigenvalue weighted by molar-refractivity contribution is -0.0123. The molecule has 0 fully saturated rings. The van der Waals surface area contributed by atoms with Crippen molar-refractivity contribution in [3.8, 4) is 0 Å². The van der Waals surface area contributed by atoms with Crippen LogP contribution in [0.3, 0.4) is 0 Å². The first-order chi connectivity index (χ1) is 12.8. The van der Waals surface area contributed by atoms with Gasteiger partial charge < -0.3 is 19.6 Å². The van der Waals surface area contributed by atoms with Crippen LogP contribution in [-0.2, 0) is 19.6 Å². The normalized spacial score (nSPS) is 20.4. The lowest BCUT2D eigenvalue weighted by Crippen LogP contribution is -2.58. The van der Waals surface area contributed by atoms with E-state index < -0.39 is 30.9 Å². The van der Waals surface area contributed by atoms with E-state index in [1.807, 2.05) is 0 Å². The van der Waals surface area contributed by atoms with Gasteiger partial charge in [0, 0.05) is 30.6 Å². The van der Waals surface area contributed by atoms with E-state index in [0.29, 0.717) is 17.1 Å². The monoisotopic (exact) mass is 448 g/mol. The van der Waals surface area contributed by atoms with Crippen LogP contribution in [0.4, 0.5) is 0 Å². The fraction of sp³-hybridized carbons (Fsp3) is 0.625. The highest BCUT2D eigenvalue weighted by Crippen LogP contribution is 2.33. The van der Waals surface area contributed by atoms with Crippen molar-refractivity contribution in [2.24, 2.45) is 0 Å². The molecule has 1 aliphatic heterocycles. The number of nitrogens with one attached hydrogen (secondary N) is 1. The molecule has 3 N–H and O–H groups in total. The van der Waals surface area contributed by atoms with E-state index in [1.54, 1.807) is 20.8 Å². The van der Waals surface area contributed by atoms with Crippen molar-refractivity contribution in [2.45, 2.75) is 56.3 Å². The summed E-state index contributed by atoms with van der Waals surface area (Å²) in [6, 6.07) is 2.37. The van der Waals surface area contributed by atoms with Crippen LogP contribution in [0.15, 0.2) is 22.1 Å². The predicted molar refractivity (Wildman–Crippen MR) is 113 cm³/mol. The van der Waals surface area contributed by atoms with Crippen LogP contribution in [-0.4, -0.2) is 57.0 Å². The molecular weight excluding hydrogens is 419 g/mol. The summed E-state index contributed by atoms with van der Waals surface area (Å²) in [5, 5.41) is 19.3. The van der Waals surface area contributed by atoms with Gasteiger partial charge in [0.05, 0.1) is 0 Å². The molecule has 0 saturated heterocycles. The predicted octanol–water partition coefficient (Wildman–Crippen LogP) is 1.19. The summed E-state index contributed by atoms with van der Waals surface area (Å²) < 4.78 is 33.8. The van der Waals surface area contributed by atoms with E-state index in [2.05, 4.69) is 25.1 Å². The number of hydroxylamine groups is 1. The number of sulfonamides is 1. The van der Waals surface area contributed by atoms with Crippen molar-refractivity contribution in [1.82, 2.24) is 9.79 Å². The van der Waals surface area contributed by atoms with Gasteiger partial charge in [0.1, 0.15) is 22.9 Å². The van der Waals surface area contributed by atoms with E-state index in [4.69, 9.17) is 9.57 Å². The smallest absolute Gasteiger partial charge is 0.423 e. The summed E-state index contributed by atoms with van der Waals surface area (Å²) >= 11 is 0.994. The minimum atomic E-state index is -4.11. The van der Waals surface area contributed by atoms with E-state index in [-0.39, 0.29) is 16.4 Å². The molecule has 2 heterocycles. The molecular formula is C16H29BN2O6S2Si. The summed E-state index contributed by atoms with van der Waals surface area (Å²) in [5.74, 6) is 0. The molecule has 28 heavy (non-hydrogen) atoms. The maximum Gasteiger partial charge on any atom is 0.490 e. The summed E-state index contributed by atoms with van der Waals surface area (Å²) in [4.78, 5) is 5.83. The Balaban J connectivity index is 2.39. The molecule has 0 saturated carbocycles. The van der Waals surface area contributed by atoms with Crippen LogP contribution in [0, 0.1) is 6.92 Å². The number of rotatable bonds is 9. The Morgan fingerprint density at radius 1 is 1.36 bits per heavy atom. The number of nitrogens with zero attached hydrogens (tertiary/aromatic N) is 1. The maximum absolute atomic E-state index is 13.5. The van der Waals surface area contributed by atoms with Gasteiger partial charge in [-0.2, -0.15) is 0 Å². The molecule has 0 radical (unpaired) electrons. The lowest BCUT2D eigenvalue weighted by atomic mass is 9.82. The van der Waals surface area contributed by atoms with E-state index in [0.717, 1.165) is 17.4 Å². The summed E-state index contributed by atoms with van der Waals surface area (Å²) in [5.41, 5.74) is 2.19. The van der Waals surface area contributed by atoms with Gasteiger partial charge in [-0.25, -0.2) is 8.42 Å². The van der Waals surface area contributed by atoms with Gasteiger partial charge in [-0.05, 0) is 32.9 Å². The second-order valence-electron chi connectivity index (χ2n) is 8.27. The average molecular weight is 448 g/mol. The topological polar surface area (TPSA) is 108 Å². The molecule has 0 aromatic carbocycles. The number of hydrogen-bond acceptors (Lipinski definition) is 8. The Bertz CT molecular complexity index is 837. The van der Waals surface area contributed by atoms with Crippen molar-refractivity contribution in [3.05, 3.63) is 22.8 Å². The van der Waals surface area contributed by atoms with Crippen LogP contribution in [0.2, 0.25) is 25.7 Å². The van der Waals surface area contributed by atoms with Crippen LogP contribution in [0.25, 0.3) is 0 Å². The molecule has 12 heteroatoms. The Kier molecular flexibility index (Phi) is 7.20. The Hall–Kier alpha value is -0.728. The van der Waals surface area contributed by atoms with Gasteiger partial charge in [0.15, 0.2) is 0 Å². The zero-order valence-corrected chi connectivity index (χ0v) is 19.8. The van der Waals surface area contributed by atoms with Crippen molar-refractivity contribution in [1.29, 1.82) is 0 Å². The largest absolute Gasteiger partial charge is 0.490 e. The molecule has 1 aromatic heterocycles. The fourth-order valence-electron chi connectivity index (χ4n) is 2.63. The van der Waals surface area contributed by atoms with Crippen molar-refractivity contribution in [2.75, 3.05) is 13.3 Å². The van der Waals surface area contributed by atoms with Crippen molar-refractivity contribution < 1.29 is 28.0 Å². The molecule has 1 atom stereocenters. The molecule has 158 valence electrons. The molecule has 8 nitrogen and oxygen atoms in total. The van der Waals surface area contributed by atoms with Crippen molar-refractivity contribution >= 4 is 42.0 Å². The summed E-state index contributed by atoms with van der Waals surface area (Å²) in [7, 11) is -7.33. The molecule has 2 rings (SSSR count). The molecule has 1 aliphatic rings. The minimum absolute atomic E-state index is 0.0428. The first kappa shape index (κ1) is 23.5. The lowest BCUT2D eigenvalue weighted by Gasteiger charge is -2.36. The molecule has 0 spiro atoms. The third-order valence-corrected chi connectivity index (χ3v) is 9.82. The first-order valence-corrected chi connectivity index (χ1v) is 14.9. The van der Waals surface area contributed by atoms with Crippen LogP contribution in [0.1, 0.15) is 18.7 Å². The molecule has 0 amide bonds. The van der Waals surface area contributed by atoms with Crippen LogP contribution < -0.4 is 10.9 Å². The van der Waals surface area contributed by atoms with E-state index in [1.165, 1.54) is 16.6 Å². The third kappa shape index (κ3) is 5.05. The second kappa shape index (κ2) is 8.56. The number of aryl methyl sites for hydroxylation is 1. The third-order valence-electron chi connectivity index (χ3n) is 4.62. The highest BCUT2D eigenvalue weighted by Gasteiger charge is 2.47. The number of thiophene rings is 1. The van der Waals surface area contributed by atoms with Crippen molar-refractivity contribution in [3.63, 3.8) is 0 Å². The fourth-order valence-corrected chi connectivity index (χ4v) is 6.77. The number of ether oxygens (including phenoxy) is 1. The van der Waals surface area contributed by atoms with Gasteiger partial charge in [-0.1, -0.05) is 19.6 Å².